The zero-order valence-electron chi connectivity index (χ0n) is 10.4. The van der Waals surface area contributed by atoms with Gasteiger partial charge in [0.2, 0.25) is 0 Å². The summed E-state index contributed by atoms with van der Waals surface area (Å²) < 4.78 is 41.0. The predicted octanol–water partition coefficient (Wildman–Crippen LogP) is 2.67. The number of nitrogens with zero attached hydrogens (tertiary/aromatic N) is 1. The molecule has 0 bridgehead atoms. The molecule has 1 heterocycles. The van der Waals surface area contributed by atoms with Crippen LogP contribution in [0.1, 0.15) is 5.56 Å². The molecule has 2 aromatic rings. The molecule has 5 nitrogen and oxygen atoms in total. The minimum atomic E-state index is -4.14. The second-order valence-corrected chi connectivity index (χ2v) is 6.62. The number of pyridine rings is 1. The Labute approximate surface area is 124 Å². The van der Waals surface area contributed by atoms with E-state index in [9.17, 15) is 12.8 Å². The van der Waals surface area contributed by atoms with Crippen molar-refractivity contribution < 1.29 is 12.8 Å². The van der Waals surface area contributed by atoms with Crippen LogP contribution in [-0.2, 0) is 10.0 Å². The van der Waals surface area contributed by atoms with Gasteiger partial charge in [0.15, 0.2) is 0 Å². The van der Waals surface area contributed by atoms with Gasteiger partial charge in [-0.25, -0.2) is 17.8 Å². The number of hydrogen-bond donors (Lipinski definition) is 2. The van der Waals surface area contributed by atoms with Crippen LogP contribution < -0.4 is 10.5 Å². The van der Waals surface area contributed by atoms with Crippen molar-refractivity contribution in [3.05, 3.63) is 46.3 Å². The maximum absolute atomic E-state index is 13.7. The molecular weight excluding hydrogens is 349 g/mol. The molecular formula is C12H11BrFN3O2S. The summed E-state index contributed by atoms with van der Waals surface area (Å²) >= 11 is 3.22. The van der Waals surface area contributed by atoms with E-state index in [1.54, 1.807) is 13.0 Å². The maximum atomic E-state index is 13.7. The van der Waals surface area contributed by atoms with Gasteiger partial charge in [0.25, 0.3) is 10.0 Å². The Balaban J connectivity index is 2.46. The number of aryl methyl sites for hydroxylation is 1. The van der Waals surface area contributed by atoms with Crippen molar-refractivity contribution >= 4 is 37.5 Å². The lowest BCUT2D eigenvalue weighted by molar-refractivity contribution is 0.571. The van der Waals surface area contributed by atoms with Gasteiger partial charge in [-0.3, -0.25) is 4.72 Å². The van der Waals surface area contributed by atoms with Crippen molar-refractivity contribution in [3.8, 4) is 0 Å². The van der Waals surface area contributed by atoms with Crippen molar-refractivity contribution in [2.24, 2.45) is 0 Å². The number of hydrogen-bond acceptors (Lipinski definition) is 4. The fraction of sp³-hybridized carbons (Fsp3) is 0.0833. The number of nitrogens with one attached hydrogen (secondary N) is 1. The fourth-order valence-corrected chi connectivity index (χ4v) is 3.35. The normalized spacial score (nSPS) is 11.3. The average Bonchev–Trinajstić information content (AvgIpc) is 2.32. The molecule has 1 aromatic heterocycles. The van der Waals surface area contributed by atoms with Crippen LogP contribution in [0.25, 0.3) is 0 Å². The van der Waals surface area contributed by atoms with E-state index < -0.39 is 20.7 Å². The lowest BCUT2D eigenvalue weighted by Gasteiger charge is -2.12. The summed E-state index contributed by atoms with van der Waals surface area (Å²) in [6.07, 6.45) is 1.44. The predicted molar refractivity (Wildman–Crippen MR) is 78.3 cm³/mol. The summed E-state index contributed by atoms with van der Waals surface area (Å²) in [5, 5.41) is 0. The van der Waals surface area contributed by atoms with Crippen LogP contribution in [0.2, 0.25) is 0 Å². The molecule has 0 atom stereocenters. The SMILES string of the molecule is Cc1cc(Br)cnc1NS(=O)(=O)c1c(N)cccc1F. The number of sulfonamides is 1. The Morgan fingerprint density at radius 2 is 2.10 bits per heavy atom. The number of halogens is 2. The second kappa shape index (κ2) is 5.37. The number of nitrogen functional groups attached to an aromatic ring is 1. The van der Waals surface area contributed by atoms with Gasteiger partial charge in [-0.1, -0.05) is 6.07 Å². The molecule has 3 N–H and O–H groups in total. The number of anilines is 2. The number of nitrogens with two attached hydrogens (primary N) is 1. The largest absolute Gasteiger partial charge is 0.398 e. The third-order valence-electron chi connectivity index (χ3n) is 2.54. The Kier molecular flexibility index (Phi) is 3.96. The summed E-state index contributed by atoms with van der Waals surface area (Å²) in [7, 11) is -4.14. The highest BCUT2D eigenvalue weighted by Crippen LogP contribution is 2.25. The minimum absolute atomic E-state index is 0.121. The van der Waals surface area contributed by atoms with E-state index in [-0.39, 0.29) is 11.5 Å². The molecule has 0 radical (unpaired) electrons. The molecule has 0 amide bonds. The van der Waals surface area contributed by atoms with Crippen molar-refractivity contribution in [1.29, 1.82) is 0 Å². The molecule has 20 heavy (non-hydrogen) atoms. The van der Waals surface area contributed by atoms with Crippen LogP contribution >= 0.6 is 15.9 Å². The topological polar surface area (TPSA) is 85.1 Å². The maximum Gasteiger partial charge on any atom is 0.268 e. The van der Waals surface area contributed by atoms with E-state index in [0.717, 1.165) is 6.07 Å². The molecule has 0 aliphatic rings. The standard InChI is InChI=1S/C12H11BrFN3O2S/c1-7-5-8(13)6-16-12(7)17-20(18,19)11-9(14)3-2-4-10(11)15/h2-6H,15H2,1H3,(H,16,17). The highest BCUT2D eigenvalue weighted by atomic mass is 79.9. The summed E-state index contributed by atoms with van der Waals surface area (Å²) in [4.78, 5) is 3.37. The molecule has 106 valence electrons. The summed E-state index contributed by atoms with van der Waals surface area (Å²) in [5.74, 6) is -0.789. The first-order valence-corrected chi connectivity index (χ1v) is 7.78. The van der Waals surface area contributed by atoms with E-state index in [1.165, 1.54) is 18.3 Å². The van der Waals surface area contributed by atoms with E-state index >= 15 is 0 Å². The van der Waals surface area contributed by atoms with E-state index in [4.69, 9.17) is 5.73 Å². The van der Waals surface area contributed by atoms with Crippen LogP contribution in [-0.4, -0.2) is 13.4 Å². The van der Waals surface area contributed by atoms with Gasteiger partial charge in [-0.05, 0) is 46.6 Å². The van der Waals surface area contributed by atoms with Crippen molar-refractivity contribution in [2.45, 2.75) is 11.8 Å². The van der Waals surface area contributed by atoms with Gasteiger partial charge in [-0.15, -0.1) is 0 Å². The molecule has 0 aliphatic carbocycles. The first-order chi connectivity index (χ1) is 9.31. The molecule has 0 spiro atoms. The van der Waals surface area contributed by atoms with Gasteiger partial charge < -0.3 is 5.73 Å². The molecule has 0 fully saturated rings. The molecule has 0 saturated heterocycles. The lowest BCUT2D eigenvalue weighted by atomic mass is 10.3. The summed E-state index contributed by atoms with van der Waals surface area (Å²) in [6, 6.07) is 5.38. The van der Waals surface area contributed by atoms with Gasteiger partial charge in [0.05, 0.1) is 5.69 Å². The fourth-order valence-electron chi connectivity index (χ4n) is 1.63. The molecule has 0 aliphatic heterocycles. The van der Waals surface area contributed by atoms with E-state index in [2.05, 4.69) is 25.6 Å². The first kappa shape index (κ1) is 14.7. The highest BCUT2D eigenvalue weighted by molar-refractivity contribution is 9.10. The molecule has 2 rings (SSSR count). The van der Waals surface area contributed by atoms with Crippen LogP contribution in [0.4, 0.5) is 15.9 Å². The van der Waals surface area contributed by atoms with Crippen LogP contribution in [0.3, 0.4) is 0 Å². The second-order valence-electron chi connectivity index (χ2n) is 4.08. The van der Waals surface area contributed by atoms with E-state index in [1.807, 2.05) is 0 Å². The van der Waals surface area contributed by atoms with Gasteiger partial charge >= 0.3 is 0 Å². The first-order valence-electron chi connectivity index (χ1n) is 5.50. The average molecular weight is 360 g/mol. The zero-order chi connectivity index (χ0) is 14.9. The smallest absolute Gasteiger partial charge is 0.268 e. The van der Waals surface area contributed by atoms with E-state index in [0.29, 0.717) is 10.0 Å². The number of aromatic nitrogens is 1. The third-order valence-corrected chi connectivity index (χ3v) is 4.41. The van der Waals surface area contributed by atoms with Gasteiger partial charge in [0, 0.05) is 10.7 Å². The number of rotatable bonds is 3. The van der Waals surface area contributed by atoms with Crippen molar-refractivity contribution in [1.82, 2.24) is 4.98 Å². The van der Waals surface area contributed by atoms with Crippen molar-refractivity contribution in [3.63, 3.8) is 0 Å². The Morgan fingerprint density at radius 3 is 2.70 bits per heavy atom. The summed E-state index contributed by atoms with van der Waals surface area (Å²) in [6.45, 7) is 1.68. The van der Waals surface area contributed by atoms with Crippen LogP contribution in [0, 0.1) is 12.7 Å². The molecule has 1 aromatic carbocycles. The van der Waals surface area contributed by atoms with Crippen LogP contribution in [0.15, 0.2) is 39.8 Å². The molecule has 8 heteroatoms. The van der Waals surface area contributed by atoms with Gasteiger partial charge in [0.1, 0.15) is 16.5 Å². The monoisotopic (exact) mass is 359 g/mol. The third kappa shape index (κ3) is 2.91. The minimum Gasteiger partial charge on any atom is -0.398 e. The van der Waals surface area contributed by atoms with Gasteiger partial charge in [-0.2, -0.15) is 0 Å². The zero-order valence-corrected chi connectivity index (χ0v) is 12.8. The quantitative estimate of drug-likeness (QED) is 0.825. The Morgan fingerprint density at radius 1 is 1.40 bits per heavy atom. The highest BCUT2D eigenvalue weighted by Gasteiger charge is 2.23. The van der Waals surface area contributed by atoms with Crippen molar-refractivity contribution in [2.75, 3.05) is 10.5 Å². The number of benzene rings is 1. The van der Waals surface area contributed by atoms with Crippen LogP contribution in [0.5, 0.6) is 0 Å². The molecule has 0 unspecified atom stereocenters. The lowest BCUT2D eigenvalue weighted by Crippen LogP contribution is -2.18. The summed E-state index contributed by atoms with van der Waals surface area (Å²) in [5.41, 5.74) is 5.97. The Hall–Kier alpha value is -1.67. The Bertz CT molecular complexity index is 745. The molecule has 0 saturated carbocycles.